The van der Waals surface area contributed by atoms with Crippen LogP contribution in [0, 0.1) is 0 Å². The number of hydrogen-bond donors (Lipinski definition) is 2. The van der Waals surface area contributed by atoms with E-state index in [9.17, 15) is 9.90 Å². The molecule has 0 aliphatic carbocycles. The summed E-state index contributed by atoms with van der Waals surface area (Å²) in [5.74, 6) is -0.123. The van der Waals surface area contributed by atoms with Crippen molar-refractivity contribution in [3.05, 3.63) is 33.8 Å². The van der Waals surface area contributed by atoms with Gasteiger partial charge in [-0.25, -0.2) is 0 Å². The molecule has 1 amide bonds. The predicted molar refractivity (Wildman–Crippen MR) is 64.7 cm³/mol. The van der Waals surface area contributed by atoms with Crippen molar-refractivity contribution in [3.63, 3.8) is 0 Å². The Bertz CT molecular complexity index is 362. The Morgan fingerprint density at radius 3 is 2.50 bits per heavy atom. The van der Waals surface area contributed by atoms with Crippen molar-refractivity contribution in [3.8, 4) is 0 Å². The van der Waals surface area contributed by atoms with Crippen molar-refractivity contribution in [2.45, 2.75) is 19.4 Å². The summed E-state index contributed by atoms with van der Waals surface area (Å²) in [6.45, 7) is 1.85. The van der Waals surface area contributed by atoms with Gasteiger partial charge in [-0.1, -0.05) is 36.2 Å². The van der Waals surface area contributed by atoms with E-state index in [-0.39, 0.29) is 12.5 Å². The molecule has 16 heavy (non-hydrogen) atoms. The fourth-order valence-corrected chi connectivity index (χ4v) is 1.92. The average Bonchev–Trinajstić information content (AvgIpc) is 2.25. The normalized spacial score (nSPS) is 12.2. The lowest BCUT2D eigenvalue weighted by Crippen LogP contribution is -2.27. The summed E-state index contributed by atoms with van der Waals surface area (Å²) >= 11 is 11.8. The van der Waals surface area contributed by atoms with Gasteiger partial charge in [0.15, 0.2) is 0 Å². The Hall–Kier alpha value is -0.770. The number of aliphatic hydroxyl groups is 1. The first-order valence-electron chi connectivity index (χ1n) is 4.95. The molecule has 5 heteroatoms. The first-order chi connectivity index (χ1) is 7.56. The molecule has 1 aromatic rings. The second kappa shape index (κ2) is 6.09. The third-order valence-corrected chi connectivity index (χ3v) is 2.81. The molecule has 1 unspecified atom stereocenters. The zero-order chi connectivity index (χ0) is 12.1. The third-order valence-electron chi connectivity index (χ3n) is 2.15. The van der Waals surface area contributed by atoms with Gasteiger partial charge in [-0.15, -0.1) is 0 Å². The van der Waals surface area contributed by atoms with E-state index < -0.39 is 6.10 Å². The maximum Gasteiger partial charge on any atom is 0.219 e. The lowest BCUT2D eigenvalue weighted by molar-refractivity contribution is -0.121. The number of benzene rings is 1. The highest BCUT2D eigenvalue weighted by Gasteiger charge is 2.15. The van der Waals surface area contributed by atoms with Gasteiger partial charge in [-0.05, 0) is 12.1 Å². The van der Waals surface area contributed by atoms with E-state index in [1.165, 1.54) is 0 Å². The van der Waals surface area contributed by atoms with Gasteiger partial charge in [0.2, 0.25) is 5.91 Å². The Kier molecular flexibility index (Phi) is 5.06. The number of aliphatic hydroxyl groups excluding tert-OH is 1. The van der Waals surface area contributed by atoms with E-state index in [0.29, 0.717) is 22.0 Å². The van der Waals surface area contributed by atoms with Gasteiger partial charge in [0.1, 0.15) is 0 Å². The predicted octanol–water partition coefficient (Wildman–Crippen LogP) is 2.55. The van der Waals surface area contributed by atoms with E-state index in [1.807, 2.05) is 0 Å². The van der Waals surface area contributed by atoms with Crippen molar-refractivity contribution < 1.29 is 9.90 Å². The number of rotatable bonds is 4. The molecule has 1 rings (SSSR count). The Balaban J connectivity index is 2.73. The smallest absolute Gasteiger partial charge is 0.219 e. The zero-order valence-electron chi connectivity index (χ0n) is 8.84. The van der Waals surface area contributed by atoms with Crippen LogP contribution in [-0.2, 0) is 4.79 Å². The van der Waals surface area contributed by atoms with Crippen molar-refractivity contribution in [1.82, 2.24) is 5.32 Å². The van der Waals surface area contributed by atoms with Crippen LogP contribution < -0.4 is 5.32 Å². The van der Waals surface area contributed by atoms with Crippen LogP contribution in [0.3, 0.4) is 0 Å². The average molecular weight is 262 g/mol. The van der Waals surface area contributed by atoms with E-state index in [4.69, 9.17) is 23.2 Å². The van der Waals surface area contributed by atoms with Crippen LogP contribution >= 0.6 is 23.2 Å². The summed E-state index contributed by atoms with van der Waals surface area (Å²) in [6, 6.07) is 4.99. The molecule has 0 heterocycles. The summed E-state index contributed by atoms with van der Waals surface area (Å²) in [5.41, 5.74) is 0.447. The molecule has 1 atom stereocenters. The molecular weight excluding hydrogens is 249 g/mol. The number of carbonyl (C=O) groups is 1. The number of nitrogens with one attached hydrogen (secondary N) is 1. The summed E-state index contributed by atoms with van der Waals surface area (Å²) in [5, 5.41) is 13.2. The van der Waals surface area contributed by atoms with Gasteiger partial charge < -0.3 is 10.4 Å². The maximum atomic E-state index is 11.0. The Morgan fingerprint density at radius 2 is 2.00 bits per heavy atom. The van der Waals surface area contributed by atoms with Gasteiger partial charge in [-0.3, -0.25) is 4.79 Å². The van der Waals surface area contributed by atoms with Crippen molar-refractivity contribution >= 4 is 29.1 Å². The minimum absolute atomic E-state index is 0.107. The molecule has 2 N–H and O–H groups in total. The van der Waals surface area contributed by atoms with Crippen LogP contribution in [0.2, 0.25) is 10.0 Å². The lowest BCUT2D eigenvalue weighted by atomic mass is 10.1. The number of carbonyl (C=O) groups excluding carboxylic acids is 1. The standard InChI is InChI=1S/C11H13Cl2NO2/c1-2-10(16)14-6-9(15)11-7(12)4-3-5-8(11)13/h3-5,9,15H,2,6H2,1H3,(H,14,16). The van der Waals surface area contributed by atoms with E-state index in [1.54, 1.807) is 25.1 Å². The van der Waals surface area contributed by atoms with Crippen LogP contribution in [0.5, 0.6) is 0 Å². The third kappa shape index (κ3) is 3.37. The minimum Gasteiger partial charge on any atom is -0.386 e. The molecule has 1 aromatic carbocycles. The zero-order valence-corrected chi connectivity index (χ0v) is 10.3. The van der Waals surface area contributed by atoms with E-state index in [0.717, 1.165) is 0 Å². The minimum atomic E-state index is -0.892. The number of amides is 1. The first-order valence-corrected chi connectivity index (χ1v) is 5.70. The molecule has 0 saturated carbocycles. The van der Waals surface area contributed by atoms with E-state index in [2.05, 4.69) is 5.32 Å². The van der Waals surface area contributed by atoms with Crippen molar-refractivity contribution in [2.24, 2.45) is 0 Å². The largest absolute Gasteiger partial charge is 0.386 e. The number of halogens is 2. The van der Waals surface area contributed by atoms with Crippen LogP contribution in [0.25, 0.3) is 0 Å². The second-order valence-electron chi connectivity index (χ2n) is 3.31. The summed E-state index contributed by atoms with van der Waals surface area (Å²) in [4.78, 5) is 11.0. The summed E-state index contributed by atoms with van der Waals surface area (Å²) in [7, 11) is 0. The van der Waals surface area contributed by atoms with Crippen LogP contribution in [0.15, 0.2) is 18.2 Å². The van der Waals surface area contributed by atoms with Gasteiger partial charge in [0.25, 0.3) is 0 Å². The molecule has 0 saturated heterocycles. The molecule has 0 spiro atoms. The lowest BCUT2D eigenvalue weighted by Gasteiger charge is -2.14. The summed E-state index contributed by atoms with van der Waals surface area (Å²) in [6.07, 6.45) is -0.514. The number of hydrogen-bond acceptors (Lipinski definition) is 2. The molecular formula is C11H13Cl2NO2. The highest BCUT2D eigenvalue weighted by atomic mass is 35.5. The molecule has 0 bridgehead atoms. The van der Waals surface area contributed by atoms with Crippen LogP contribution in [0.1, 0.15) is 25.0 Å². The van der Waals surface area contributed by atoms with Gasteiger partial charge in [-0.2, -0.15) is 0 Å². The topological polar surface area (TPSA) is 49.3 Å². The van der Waals surface area contributed by atoms with Crippen LogP contribution in [0.4, 0.5) is 0 Å². The fourth-order valence-electron chi connectivity index (χ4n) is 1.27. The molecule has 0 aromatic heterocycles. The van der Waals surface area contributed by atoms with E-state index >= 15 is 0 Å². The Morgan fingerprint density at radius 1 is 1.44 bits per heavy atom. The van der Waals surface area contributed by atoms with Crippen LogP contribution in [-0.4, -0.2) is 17.6 Å². The first kappa shape index (κ1) is 13.3. The molecule has 0 radical (unpaired) electrons. The highest BCUT2D eigenvalue weighted by Crippen LogP contribution is 2.29. The molecule has 0 fully saturated rings. The Labute approximate surface area is 104 Å². The van der Waals surface area contributed by atoms with Crippen molar-refractivity contribution in [2.75, 3.05) is 6.54 Å². The van der Waals surface area contributed by atoms with Gasteiger partial charge in [0, 0.05) is 28.6 Å². The monoisotopic (exact) mass is 261 g/mol. The van der Waals surface area contributed by atoms with Crippen molar-refractivity contribution in [1.29, 1.82) is 0 Å². The van der Waals surface area contributed by atoms with Gasteiger partial charge >= 0.3 is 0 Å². The maximum absolute atomic E-state index is 11.0. The van der Waals surface area contributed by atoms with Gasteiger partial charge in [0.05, 0.1) is 6.10 Å². The molecule has 3 nitrogen and oxygen atoms in total. The SMILES string of the molecule is CCC(=O)NCC(O)c1c(Cl)cccc1Cl. The highest BCUT2D eigenvalue weighted by molar-refractivity contribution is 6.36. The second-order valence-corrected chi connectivity index (χ2v) is 4.12. The fraction of sp³-hybridized carbons (Fsp3) is 0.364. The summed E-state index contributed by atoms with van der Waals surface area (Å²) < 4.78 is 0. The quantitative estimate of drug-likeness (QED) is 0.876. The molecule has 0 aliphatic rings. The molecule has 88 valence electrons. The molecule has 0 aliphatic heterocycles.